The van der Waals surface area contributed by atoms with Crippen LogP contribution in [0.25, 0.3) is 10.8 Å². The molecular weight excluding hydrogens is 282 g/mol. The SMILES string of the molecule is COc1ccc(Cc2n[nH]c(=O)c3c(=O)[nH]c(C)cc23)cc1. The van der Waals surface area contributed by atoms with Gasteiger partial charge in [-0.05, 0) is 30.7 Å². The number of nitrogens with zero attached hydrogens (tertiary/aromatic N) is 1. The fraction of sp³-hybridized carbons (Fsp3) is 0.188. The third-order valence-corrected chi connectivity index (χ3v) is 3.53. The molecule has 0 spiro atoms. The summed E-state index contributed by atoms with van der Waals surface area (Å²) in [4.78, 5) is 26.5. The standard InChI is InChI=1S/C16H15N3O3/c1-9-7-12-13(8-10-3-5-11(22-2)6-4-10)18-19-16(21)14(12)15(20)17-9/h3-7H,8H2,1-2H3,(H,17,20)(H,19,21). The molecule has 0 unspecified atom stereocenters. The molecule has 0 amide bonds. The minimum absolute atomic E-state index is 0.115. The van der Waals surface area contributed by atoms with E-state index in [9.17, 15) is 9.59 Å². The Balaban J connectivity index is 2.12. The molecule has 2 N–H and O–H groups in total. The maximum atomic E-state index is 12.0. The maximum Gasteiger partial charge on any atom is 0.277 e. The Hall–Kier alpha value is -2.89. The van der Waals surface area contributed by atoms with Gasteiger partial charge in [0.05, 0.1) is 12.8 Å². The number of methoxy groups -OCH3 is 1. The lowest BCUT2D eigenvalue weighted by molar-refractivity contribution is 0.414. The number of hydrogen-bond acceptors (Lipinski definition) is 4. The first kappa shape index (κ1) is 14.1. The fourth-order valence-corrected chi connectivity index (χ4v) is 2.45. The number of hydrogen-bond donors (Lipinski definition) is 2. The number of nitrogens with one attached hydrogen (secondary N) is 2. The molecule has 0 aliphatic heterocycles. The molecule has 0 radical (unpaired) electrons. The summed E-state index contributed by atoms with van der Waals surface area (Å²) >= 11 is 0. The van der Waals surface area contributed by atoms with Crippen LogP contribution < -0.4 is 15.9 Å². The molecular formula is C16H15N3O3. The number of benzene rings is 1. The normalized spacial score (nSPS) is 10.8. The average Bonchev–Trinajstić information content (AvgIpc) is 2.50. The predicted molar refractivity (Wildman–Crippen MR) is 83.5 cm³/mol. The van der Waals surface area contributed by atoms with Gasteiger partial charge in [-0.1, -0.05) is 12.1 Å². The van der Waals surface area contributed by atoms with Crippen LogP contribution in [0.4, 0.5) is 0 Å². The molecule has 0 saturated heterocycles. The van der Waals surface area contributed by atoms with E-state index in [1.54, 1.807) is 20.1 Å². The summed E-state index contributed by atoms with van der Waals surface area (Å²) in [5.74, 6) is 0.773. The first-order chi connectivity index (χ1) is 10.6. The number of H-pyrrole nitrogens is 2. The third kappa shape index (κ3) is 2.50. The largest absolute Gasteiger partial charge is 0.497 e. The lowest BCUT2D eigenvalue weighted by Gasteiger charge is -2.06. The highest BCUT2D eigenvalue weighted by molar-refractivity contribution is 5.83. The molecule has 0 atom stereocenters. The van der Waals surface area contributed by atoms with Crippen molar-refractivity contribution in [3.05, 3.63) is 68.0 Å². The number of fused-ring (bicyclic) bond motifs is 1. The second-order valence-electron chi connectivity index (χ2n) is 5.09. The van der Waals surface area contributed by atoms with Crippen molar-refractivity contribution in [3.63, 3.8) is 0 Å². The van der Waals surface area contributed by atoms with Crippen LogP contribution in [0, 0.1) is 6.92 Å². The summed E-state index contributed by atoms with van der Waals surface area (Å²) in [5, 5.41) is 7.20. The van der Waals surface area contributed by atoms with Crippen LogP contribution in [-0.4, -0.2) is 22.3 Å². The maximum absolute atomic E-state index is 12.0. The smallest absolute Gasteiger partial charge is 0.277 e. The summed E-state index contributed by atoms with van der Waals surface area (Å²) in [6.45, 7) is 1.78. The Morgan fingerprint density at radius 1 is 1.14 bits per heavy atom. The van der Waals surface area contributed by atoms with Gasteiger partial charge in [-0.15, -0.1) is 0 Å². The molecule has 2 aromatic heterocycles. The quantitative estimate of drug-likeness (QED) is 0.767. The minimum atomic E-state index is -0.477. The van der Waals surface area contributed by atoms with Crippen LogP contribution in [0.15, 0.2) is 39.9 Å². The summed E-state index contributed by atoms with van der Waals surface area (Å²) in [6, 6.07) is 9.36. The number of ether oxygens (including phenoxy) is 1. The summed E-state index contributed by atoms with van der Waals surface area (Å²) in [7, 11) is 1.61. The van der Waals surface area contributed by atoms with Gasteiger partial charge in [0.15, 0.2) is 0 Å². The predicted octanol–water partition coefficient (Wildman–Crippen LogP) is 1.52. The molecule has 22 heavy (non-hydrogen) atoms. The Labute approximate surface area is 125 Å². The van der Waals surface area contributed by atoms with E-state index in [2.05, 4.69) is 15.2 Å². The second kappa shape index (κ2) is 5.48. The van der Waals surface area contributed by atoms with Crippen LogP contribution in [0.2, 0.25) is 0 Å². The zero-order chi connectivity index (χ0) is 15.7. The van der Waals surface area contributed by atoms with E-state index in [0.29, 0.717) is 23.2 Å². The summed E-state index contributed by atoms with van der Waals surface area (Å²) < 4.78 is 5.13. The molecule has 3 rings (SSSR count). The monoisotopic (exact) mass is 297 g/mol. The molecule has 6 heteroatoms. The van der Waals surface area contributed by atoms with Crippen LogP contribution in [-0.2, 0) is 6.42 Å². The highest BCUT2D eigenvalue weighted by Gasteiger charge is 2.11. The van der Waals surface area contributed by atoms with E-state index >= 15 is 0 Å². The van der Waals surface area contributed by atoms with Crippen molar-refractivity contribution < 1.29 is 4.74 Å². The molecule has 2 heterocycles. The lowest BCUT2D eigenvalue weighted by atomic mass is 10.0. The van der Waals surface area contributed by atoms with Crippen LogP contribution >= 0.6 is 0 Å². The lowest BCUT2D eigenvalue weighted by Crippen LogP contribution is -2.21. The molecule has 0 fully saturated rings. The molecule has 0 bridgehead atoms. The van der Waals surface area contributed by atoms with Crippen molar-refractivity contribution >= 4 is 10.8 Å². The highest BCUT2D eigenvalue weighted by Crippen LogP contribution is 2.17. The van der Waals surface area contributed by atoms with E-state index in [4.69, 9.17) is 4.74 Å². The van der Waals surface area contributed by atoms with Crippen LogP contribution in [0.3, 0.4) is 0 Å². The van der Waals surface area contributed by atoms with Gasteiger partial charge in [-0.2, -0.15) is 5.10 Å². The van der Waals surface area contributed by atoms with Gasteiger partial charge in [0.25, 0.3) is 11.1 Å². The molecule has 0 aliphatic carbocycles. The number of pyridine rings is 1. The topological polar surface area (TPSA) is 87.8 Å². The van der Waals surface area contributed by atoms with Crippen LogP contribution in [0.5, 0.6) is 5.75 Å². The summed E-state index contributed by atoms with van der Waals surface area (Å²) in [6.07, 6.45) is 0.514. The molecule has 0 saturated carbocycles. The third-order valence-electron chi connectivity index (χ3n) is 3.53. The van der Waals surface area contributed by atoms with Crippen molar-refractivity contribution in [2.75, 3.05) is 7.11 Å². The van der Waals surface area contributed by atoms with Gasteiger partial charge in [-0.25, -0.2) is 5.10 Å². The average molecular weight is 297 g/mol. The van der Waals surface area contributed by atoms with E-state index in [1.165, 1.54) is 0 Å². The van der Waals surface area contributed by atoms with E-state index in [0.717, 1.165) is 11.3 Å². The first-order valence-electron chi connectivity index (χ1n) is 6.82. The summed E-state index contributed by atoms with van der Waals surface area (Å²) in [5.41, 5.74) is 1.50. The van der Waals surface area contributed by atoms with Gasteiger partial charge >= 0.3 is 0 Å². The van der Waals surface area contributed by atoms with E-state index < -0.39 is 11.1 Å². The minimum Gasteiger partial charge on any atom is -0.497 e. The first-order valence-corrected chi connectivity index (χ1v) is 6.82. The van der Waals surface area contributed by atoms with Crippen molar-refractivity contribution in [2.45, 2.75) is 13.3 Å². The van der Waals surface area contributed by atoms with Gasteiger partial charge in [-0.3, -0.25) is 9.59 Å². The Kier molecular flexibility index (Phi) is 3.50. The van der Waals surface area contributed by atoms with Gasteiger partial charge < -0.3 is 9.72 Å². The van der Waals surface area contributed by atoms with E-state index in [1.807, 2.05) is 24.3 Å². The zero-order valence-corrected chi connectivity index (χ0v) is 12.3. The van der Waals surface area contributed by atoms with Crippen molar-refractivity contribution in [3.8, 4) is 5.75 Å². The number of aryl methyl sites for hydroxylation is 1. The Morgan fingerprint density at radius 3 is 2.55 bits per heavy atom. The Morgan fingerprint density at radius 2 is 1.86 bits per heavy atom. The van der Waals surface area contributed by atoms with Crippen molar-refractivity contribution in [1.82, 2.24) is 15.2 Å². The zero-order valence-electron chi connectivity index (χ0n) is 12.3. The Bertz CT molecular complexity index is 939. The van der Waals surface area contributed by atoms with Crippen LogP contribution in [0.1, 0.15) is 17.0 Å². The second-order valence-corrected chi connectivity index (χ2v) is 5.09. The molecule has 0 aliphatic rings. The number of rotatable bonds is 3. The van der Waals surface area contributed by atoms with E-state index in [-0.39, 0.29) is 5.39 Å². The highest BCUT2D eigenvalue weighted by atomic mass is 16.5. The van der Waals surface area contributed by atoms with Crippen molar-refractivity contribution in [1.29, 1.82) is 0 Å². The molecule has 6 nitrogen and oxygen atoms in total. The molecule has 1 aromatic carbocycles. The van der Waals surface area contributed by atoms with Gasteiger partial charge in [0.2, 0.25) is 0 Å². The van der Waals surface area contributed by atoms with Crippen molar-refractivity contribution in [2.24, 2.45) is 0 Å². The number of aromatic nitrogens is 3. The van der Waals surface area contributed by atoms with Gasteiger partial charge in [0, 0.05) is 17.5 Å². The number of aromatic amines is 2. The molecule has 3 aromatic rings. The molecule has 112 valence electrons. The fourth-order valence-electron chi connectivity index (χ4n) is 2.45. The van der Waals surface area contributed by atoms with Gasteiger partial charge in [0.1, 0.15) is 11.1 Å².